The fourth-order valence-corrected chi connectivity index (χ4v) is 2.87. The number of hydrogen-bond donors (Lipinski definition) is 0. The maximum absolute atomic E-state index is 13.0. The molecule has 2 aromatic heterocycles. The van der Waals surface area contributed by atoms with Crippen molar-refractivity contribution in [1.82, 2.24) is 19.9 Å². The summed E-state index contributed by atoms with van der Waals surface area (Å²) in [6.45, 7) is 3.29. The van der Waals surface area contributed by atoms with Crippen molar-refractivity contribution in [3.63, 3.8) is 0 Å². The van der Waals surface area contributed by atoms with Gasteiger partial charge in [-0.15, -0.1) is 0 Å². The van der Waals surface area contributed by atoms with E-state index >= 15 is 0 Å². The summed E-state index contributed by atoms with van der Waals surface area (Å²) in [6.07, 6.45) is 0.165. The Bertz CT molecular complexity index is 672. The smallest absolute Gasteiger partial charge is 0.433 e. The number of piperazine rings is 1. The van der Waals surface area contributed by atoms with Crippen LogP contribution in [0.25, 0.3) is 0 Å². The summed E-state index contributed by atoms with van der Waals surface area (Å²) in [6, 6.07) is 1.02. The lowest BCUT2D eigenvalue weighted by Gasteiger charge is -2.35. The standard InChI is InChI=1S/C14H16F3N5OS/c1-24-13-19-11(14(15,16)17)6-12(20-13)22-4-2-21(3-5-22)7-10-8-23-9-18-10/h6,8-9H,2-5,7H2,1H3. The van der Waals surface area contributed by atoms with Crippen LogP contribution in [0.3, 0.4) is 0 Å². The molecule has 24 heavy (non-hydrogen) atoms. The van der Waals surface area contributed by atoms with Crippen molar-refractivity contribution in [2.45, 2.75) is 17.9 Å². The Morgan fingerprint density at radius 3 is 2.54 bits per heavy atom. The van der Waals surface area contributed by atoms with Crippen molar-refractivity contribution in [3.05, 3.63) is 30.1 Å². The fourth-order valence-electron chi connectivity index (χ4n) is 2.49. The number of hydrogen-bond acceptors (Lipinski definition) is 7. The molecule has 0 amide bonds. The van der Waals surface area contributed by atoms with Gasteiger partial charge in [0, 0.05) is 38.8 Å². The second-order valence-electron chi connectivity index (χ2n) is 5.34. The van der Waals surface area contributed by atoms with E-state index in [9.17, 15) is 13.2 Å². The summed E-state index contributed by atoms with van der Waals surface area (Å²) >= 11 is 1.10. The largest absolute Gasteiger partial charge is 0.451 e. The minimum absolute atomic E-state index is 0.129. The number of rotatable bonds is 4. The number of halogens is 3. The number of aromatic nitrogens is 3. The maximum Gasteiger partial charge on any atom is 0.433 e. The molecule has 0 aromatic carbocycles. The zero-order valence-corrected chi connectivity index (χ0v) is 13.8. The molecule has 0 N–H and O–H groups in total. The quantitative estimate of drug-likeness (QED) is 0.614. The van der Waals surface area contributed by atoms with Crippen LogP contribution in [0.4, 0.5) is 19.0 Å². The highest BCUT2D eigenvalue weighted by Crippen LogP contribution is 2.31. The lowest BCUT2D eigenvalue weighted by atomic mass is 10.2. The SMILES string of the molecule is CSc1nc(N2CCN(Cc3cocn3)CC2)cc(C(F)(F)F)n1. The first kappa shape index (κ1) is 17.0. The van der Waals surface area contributed by atoms with Gasteiger partial charge in [0.1, 0.15) is 12.1 Å². The van der Waals surface area contributed by atoms with Gasteiger partial charge in [-0.3, -0.25) is 4.90 Å². The van der Waals surface area contributed by atoms with Crippen LogP contribution in [0.2, 0.25) is 0 Å². The number of alkyl halides is 3. The number of oxazole rings is 1. The zero-order valence-electron chi connectivity index (χ0n) is 13.0. The molecule has 3 heterocycles. The highest BCUT2D eigenvalue weighted by molar-refractivity contribution is 7.98. The summed E-state index contributed by atoms with van der Waals surface area (Å²) in [7, 11) is 0. The summed E-state index contributed by atoms with van der Waals surface area (Å²) in [4.78, 5) is 15.9. The molecular weight excluding hydrogens is 343 g/mol. The van der Waals surface area contributed by atoms with E-state index in [2.05, 4.69) is 19.9 Å². The predicted molar refractivity (Wildman–Crippen MR) is 82.8 cm³/mol. The topological polar surface area (TPSA) is 58.3 Å². The monoisotopic (exact) mass is 359 g/mol. The van der Waals surface area contributed by atoms with Crippen LogP contribution in [0.5, 0.6) is 0 Å². The van der Waals surface area contributed by atoms with E-state index in [0.717, 1.165) is 23.5 Å². The normalized spacial score (nSPS) is 16.6. The summed E-state index contributed by atoms with van der Waals surface area (Å²) in [5.74, 6) is 0.322. The van der Waals surface area contributed by atoms with Gasteiger partial charge in [0.2, 0.25) is 0 Å². The van der Waals surface area contributed by atoms with E-state index in [0.29, 0.717) is 38.5 Å². The molecule has 1 fully saturated rings. The van der Waals surface area contributed by atoms with E-state index in [4.69, 9.17) is 4.42 Å². The molecule has 0 atom stereocenters. The van der Waals surface area contributed by atoms with Crippen LogP contribution in [0.15, 0.2) is 28.3 Å². The highest BCUT2D eigenvalue weighted by Gasteiger charge is 2.34. The molecule has 0 radical (unpaired) electrons. The molecule has 1 aliphatic heterocycles. The van der Waals surface area contributed by atoms with E-state index in [1.807, 2.05) is 4.90 Å². The van der Waals surface area contributed by atoms with Crippen LogP contribution in [-0.2, 0) is 12.7 Å². The van der Waals surface area contributed by atoms with Gasteiger partial charge in [-0.2, -0.15) is 13.2 Å². The van der Waals surface area contributed by atoms with Gasteiger partial charge in [0.05, 0.1) is 5.69 Å². The molecule has 1 saturated heterocycles. The third kappa shape index (κ3) is 3.99. The molecule has 2 aromatic rings. The Morgan fingerprint density at radius 1 is 1.21 bits per heavy atom. The number of anilines is 1. The van der Waals surface area contributed by atoms with Crippen molar-refractivity contribution in [2.24, 2.45) is 0 Å². The Labute approximate surface area is 141 Å². The maximum atomic E-state index is 13.0. The molecule has 6 nitrogen and oxygen atoms in total. The van der Waals surface area contributed by atoms with Gasteiger partial charge >= 0.3 is 6.18 Å². The first-order valence-corrected chi connectivity index (χ1v) is 8.53. The summed E-state index contributed by atoms with van der Waals surface area (Å²) < 4.78 is 43.9. The average molecular weight is 359 g/mol. The van der Waals surface area contributed by atoms with E-state index in [1.54, 1.807) is 12.5 Å². The predicted octanol–water partition coefficient (Wildman–Crippen LogP) is 2.53. The second kappa shape index (κ2) is 6.98. The molecule has 0 unspecified atom stereocenters. The molecule has 3 rings (SSSR count). The van der Waals surface area contributed by atoms with E-state index < -0.39 is 11.9 Å². The highest BCUT2D eigenvalue weighted by atomic mass is 32.2. The Hall–Kier alpha value is -1.81. The van der Waals surface area contributed by atoms with Gasteiger partial charge in [-0.25, -0.2) is 15.0 Å². The molecule has 0 saturated carbocycles. The molecule has 0 bridgehead atoms. The van der Waals surface area contributed by atoms with Gasteiger partial charge in [0.15, 0.2) is 17.2 Å². The molecule has 130 valence electrons. The molecule has 0 aliphatic carbocycles. The van der Waals surface area contributed by atoms with Crippen molar-refractivity contribution in [2.75, 3.05) is 37.3 Å². The van der Waals surface area contributed by atoms with E-state index in [1.165, 1.54) is 6.39 Å². The van der Waals surface area contributed by atoms with Gasteiger partial charge in [-0.05, 0) is 6.26 Å². The Morgan fingerprint density at radius 2 is 1.96 bits per heavy atom. The second-order valence-corrected chi connectivity index (χ2v) is 6.11. The van der Waals surface area contributed by atoms with Gasteiger partial charge < -0.3 is 9.32 Å². The first-order chi connectivity index (χ1) is 11.5. The van der Waals surface area contributed by atoms with Crippen LogP contribution in [-0.4, -0.2) is 52.3 Å². The van der Waals surface area contributed by atoms with E-state index in [-0.39, 0.29) is 5.16 Å². The van der Waals surface area contributed by atoms with Crippen molar-refractivity contribution in [1.29, 1.82) is 0 Å². The minimum Gasteiger partial charge on any atom is -0.451 e. The van der Waals surface area contributed by atoms with Crippen LogP contribution in [0, 0.1) is 0 Å². The van der Waals surface area contributed by atoms with Gasteiger partial charge in [0.25, 0.3) is 0 Å². The fraction of sp³-hybridized carbons (Fsp3) is 0.500. The molecular formula is C14H16F3N5OS. The van der Waals surface area contributed by atoms with Crippen LogP contribution in [0.1, 0.15) is 11.4 Å². The summed E-state index contributed by atoms with van der Waals surface area (Å²) in [5, 5.41) is 0.129. The minimum atomic E-state index is -4.48. The lowest BCUT2D eigenvalue weighted by molar-refractivity contribution is -0.141. The van der Waals surface area contributed by atoms with Crippen molar-refractivity contribution < 1.29 is 17.6 Å². The molecule has 1 aliphatic rings. The molecule has 10 heteroatoms. The Kier molecular flexibility index (Phi) is 4.95. The van der Waals surface area contributed by atoms with Gasteiger partial charge in [-0.1, -0.05) is 11.8 Å². The third-order valence-corrected chi connectivity index (χ3v) is 4.28. The van der Waals surface area contributed by atoms with Crippen molar-refractivity contribution in [3.8, 4) is 0 Å². The first-order valence-electron chi connectivity index (χ1n) is 7.30. The summed E-state index contributed by atoms with van der Waals surface area (Å²) in [5.41, 5.74) is -0.0589. The molecule has 0 spiro atoms. The number of thioether (sulfide) groups is 1. The Balaban J connectivity index is 1.69. The van der Waals surface area contributed by atoms with Crippen LogP contribution < -0.4 is 4.90 Å². The average Bonchev–Trinajstić information content (AvgIpc) is 3.07. The zero-order chi connectivity index (χ0) is 17.2. The lowest BCUT2D eigenvalue weighted by Crippen LogP contribution is -2.46. The third-order valence-electron chi connectivity index (χ3n) is 3.73. The number of nitrogens with zero attached hydrogens (tertiary/aromatic N) is 5. The van der Waals surface area contributed by atoms with Crippen LogP contribution >= 0.6 is 11.8 Å². The van der Waals surface area contributed by atoms with Crippen molar-refractivity contribution >= 4 is 17.6 Å².